The van der Waals surface area contributed by atoms with E-state index in [4.69, 9.17) is 15.3 Å². The van der Waals surface area contributed by atoms with Gasteiger partial charge in [-0.2, -0.15) is 0 Å². The summed E-state index contributed by atoms with van der Waals surface area (Å²) in [5, 5.41) is 20.0. The Morgan fingerprint density at radius 1 is 1.24 bits per heavy atom. The van der Waals surface area contributed by atoms with Gasteiger partial charge in [-0.25, -0.2) is 14.3 Å². The molecule has 2 fully saturated rings. The van der Waals surface area contributed by atoms with E-state index in [-0.39, 0.29) is 35.4 Å². The molecule has 2 aliphatic heterocycles. The number of carbonyl (C=O) groups excluding carboxylic acids is 4. The quantitative estimate of drug-likeness (QED) is 0.127. The number of nitrogens with two attached hydrogens (primary N) is 1. The van der Waals surface area contributed by atoms with Crippen molar-refractivity contribution < 1.29 is 38.4 Å². The normalized spacial score (nSPS) is 22.8. The fourth-order valence-corrected chi connectivity index (χ4v) is 6.28. The van der Waals surface area contributed by atoms with Crippen LogP contribution in [0.1, 0.15) is 40.3 Å². The highest BCUT2D eigenvalue weighted by atomic mass is 32.2. The molecule has 4 rings (SSSR count). The molecule has 15 heteroatoms. The molecule has 2 aliphatic rings. The minimum Gasteiger partial charge on any atom is -0.549 e. The highest BCUT2D eigenvalue weighted by Gasteiger charge is 2.57. The van der Waals surface area contributed by atoms with Gasteiger partial charge in [0.15, 0.2) is 29.8 Å². The van der Waals surface area contributed by atoms with E-state index in [1.807, 2.05) is 6.07 Å². The van der Waals surface area contributed by atoms with Gasteiger partial charge in [-0.1, -0.05) is 11.2 Å². The van der Waals surface area contributed by atoms with Crippen LogP contribution in [0.15, 0.2) is 41.1 Å². The number of anilines is 1. The number of nitrogens with zero attached hydrogens (tertiary/aromatic N) is 4. The SMILES string of the molecule is CC(C)(C)OC(=O)C(C)(C)ON=C(C(=O)N[C@@H]1C(=O)N2CC(C[n+]3ccccc3)(C(=O)[O-])CS[C@H]12)c1csc(N)n1. The molecule has 2 aromatic heterocycles. The van der Waals surface area contributed by atoms with Gasteiger partial charge in [0.1, 0.15) is 22.7 Å². The summed E-state index contributed by atoms with van der Waals surface area (Å²) >= 11 is 2.32. The second-order valence-corrected chi connectivity index (χ2v) is 13.3. The van der Waals surface area contributed by atoms with E-state index in [1.54, 1.807) is 49.9 Å². The zero-order valence-corrected chi connectivity index (χ0v) is 24.9. The molecule has 2 saturated heterocycles. The maximum atomic E-state index is 13.4. The molecule has 0 bridgehead atoms. The van der Waals surface area contributed by atoms with Crippen LogP contribution in [0.3, 0.4) is 0 Å². The fourth-order valence-electron chi connectivity index (χ4n) is 4.21. The predicted octanol–water partition coefficient (Wildman–Crippen LogP) is -0.310. The number of ether oxygens (including phenoxy) is 1. The molecule has 0 aliphatic carbocycles. The van der Waals surface area contributed by atoms with Crippen molar-refractivity contribution >= 4 is 57.7 Å². The van der Waals surface area contributed by atoms with Crippen LogP contribution in [-0.4, -0.2) is 74.3 Å². The van der Waals surface area contributed by atoms with Crippen LogP contribution in [-0.2, 0) is 35.3 Å². The van der Waals surface area contributed by atoms with Gasteiger partial charge in [-0.3, -0.25) is 9.59 Å². The number of oxime groups is 1. The number of hydrogen-bond donors (Lipinski definition) is 2. The number of aromatic nitrogens is 2. The molecule has 0 aromatic carbocycles. The Morgan fingerprint density at radius 2 is 1.93 bits per heavy atom. The Balaban J connectivity index is 1.49. The van der Waals surface area contributed by atoms with Crippen LogP contribution in [0, 0.1) is 5.41 Å². The number of amides is 2. The largest absolute Gasteiger partial charge is 0.549 e. The van der Waals surface area contributed by atoms with Crippen LogP contribution >= 0.6 is 23.1 Å². The number of thiazole rings is 1. The first kappa shape index (κ1) is 30.2. The topological polar surface area (TPSA) is 180 Å². The number of fused-ring (bicyclic) bond motifs is 1. The lowest BCUT2D eigenvalue weighted by molar-refractivity contribution is -0.707. The molecule has 0 spiro atoms. The average Bonchev–Trinajstić information content (AvgIpc) is 3.32. The lowest BCUT2D eigenvalue weighted by atomic mass is 9.86. The first-order valence-electron chi connectivity index (χ1n) is 12.7. The lowest BCUT2D eigenvalue weighted by Crippen LogP contribution is -2.75. The standard InChI is InChI=1S/C26H32N6O7S2/c1-24(2,3)38-22(37)25(4,5)39-30-16(15-11-40-23(27)28-15)18(33)29-17-19(34)32-13-26(21(35)36,14-41-20(17)32)12-31-9-7-6-8-10-31/h6-11,17,20H,12-14H2,1-5H3,(H3-,27,28,29,33,35,36)/t17-,20-,26?/m1/s1. The maximum absolute atomic E-state index is 13.4. The Hall–Kier alpha value is -3.72. The van der Waals surface area contributed by atoms with Crippen molar-refractivity contribution in [2.45, 2.75) is 63.8 Å². The predicted molar refractivity (Wildman–Crippen MR) is 148 cm³/mol. The van der Waals surface area contributed by atoms with Gasteiger partial charge in [0.05, 0.1) is 11.4 Å². The Labute approximate surface area is 245 Å². The van der Waals surface area contributed by atoms with Gasteiger partial charge < -0.3 is 35.4 Å². The highest BCUT2D eigenvalue weighted by molar-refractivity contribution is 8.00. The van der Waals surface area contributed by atoms with Gasteiger partial charge in [-0.05, 0) is 34.6 Å². The molecule has 3 N–H and O–H groups in total. The molecule has 2 amide bonds. The van der Waals surface area contributed by atoms with E-state index >= 15 is 0 Å². The molecule has 3 atom stereocenters. The van der Waals surface area contributed by atoms with E-state index in [2.05, 4.69) is 15.5 Å². The van der Waals surface area contributed by atoms with E-state index in [0.29, 0.717) is 0 Å². The number of carbonyl (C=O) groups is 4. The van der Waals surface area contributed by atoms with Crippen molar-refractivity contribution in [3.05, 3.63) is 41.7 Å². The number of nitrogen functional groups attached to an aromatic ring is 1. The zero-order valence-electron chi connectivity index (χ0n) is 23.3. The van der Waals surface area contributed by atoms with Crippen molar-refractivity contribution in [3.8, 4) is 0 Å². The number of thioether (sulfide) groups is 1. The monoisotopic (exact) mass is 604 g/mol. The van der Waals surface area contributed by atoms with Gasteiger partial charge in [-0.15, -0.1) is 23.1 Å². The second-order valence-electron chi connectivity index (χ2n) is 11.3. The van der Waals surface area contributed by atoms with Gasteiger partial charge >= 0.3 is 5.97 Å². The summed E-state index contributed by atoms with van der Waals surface area (Å²) in [4.78, 5) is 62.3. The molecule has 2 aromatic rings. The van der Waals surface area contributed by atoms with Gasteiger partial charge in [0.25, 0.3) is 5.91 Å². The van der Waals surface area contributed by atoms with Crippen molar-refractivity contribution in [2.75, 3.05) is 18.0 Å². The third kappa shape index (κ3) is 6.62. The number of esters is 1. The molecular weight excluding hydrogens is 572 g/mol. The molecule has 13 nitrogen and oxygen atoms in total. The van der Waals surface area contributed by atoms with Crippen LogP contribution in [0.5, 0.6) is 0 Å². The van der Waals surface area contributed by atoms with Crippen molar-refractivity contribution in [3.63, 3.8) is 0 Å². The molecule has 41 heavy (non-hydrogen) atoms. The summed E-state index contributed by atoms with van der Waals surface area (Å²) in [6.07, 6.45) is 3.50. The summed E-state index contributed by atoms with van der Waals surface area (Å²) < 4.78 is 7.11. The van der Waals surface area contributed by atoms with Crippen LogP contribution in [0.4, 0.5) is 5.13 Å². The van der Waals surface area contributed by atoms with Gasteiger partial charge in [0.2, 0.25) is 11.5 Å². The Morgan fingerprint density at radius 3 is 2.51 bits per heavy atom. The van der Waals surface area contributed by atoms with Gasteiger partial charge in [0, 0.05) is 29.8 Å². The Bertz CT molecular complexity index is 1370. The van der Waals surface area contributed by atoms with E-state index in [1.165, 1.54) is 35.9 Å². The minimum absolute atomic E-state index is 0.0587. The van der Waals surface area contributed by atoms with Crippen molar-refractivity contribution in [2.24, 2.45) is 10.6 Å². The number of rotatable bonds is 9. The summed E-state index contributed by atoms with van der Waals surface area (Å²) in [6, 6.07) is 4.46. The molecule has 220 valence electrons. The smallest absolute Gasteiger partial charge is 0.353 e. The highest BCUT2D eigenvalue weighted by Crippen LogP contribution is 2.42. The van der Waals surface area contributed by atoms with E-state index in [9.17, 15) is 24.3 Å². The summed E-state index contributed by atoms with van der Waals surface area (Å²) in [6.45, 7) is 8.08. The average molecular weight is 605 g/mol. The maximum Gasteiger partial charge on any atom is 0.353 e. The van der Waals surface area contributed by atoms with Crippen LogP contribution in [0.2, 0.25) is 0 Å². The molecular formula is C26H32N6O7S2. The number of aliphatic carboxylic acids is 1. The van der Waals surface area contributed by atoms with Crippen molar-refractivity contribution in [1.82, 2.24) is 15.2 Å². The fraction of sp³-hybridized carbons (Fsp3) is 0.500. The van der Waals surface area contributed by atoms with Crippen LogP contribution < -0.4 is 20.7 Å². The number of carboxylic acid groups (broad SMARTS) is 1. The van der Waals surface area contributed by atoms with Crippen LogP contribution in [0.25, 0.3) is 0 Å². The van der Waals surface area contributed by atoms with E-state index in [0.717, 1.165) is 11.3 Å². The third-order valence-corrected chi connectivity index (χ3v) is 8.62. The number of hydrogen-bond acceptors (Lipinski definition) is 12. The second kappa shape index (κ2) is 11.3. The zero-order chi connectivity index (χ0) is 30.2. The summed E-state index contributed by atoms with van der Waals surface area (Å²) in [5.74, 6) is -2.98. The summed E-state index contributed by atoms with van der Waals surface area (Å²) in [5.41, 5.74) is 1.95. The molecule has 4 heterocycles. The molecule has 0 radical (unpaired) electrons. The first-order chi connectivity index (χ1) is 19.1. The Kier molecular flexibility index (Phi) is 8.32. The third-order valence-electron chi connectivity index (χ3n) is 6.36. The number of β-lactam (4-membered cyclic amide) rings is 1. The van der Waals surface area contributed by atoms with Crippen molar-refractivity contribution in [1.29, 1.82) is 0 Å². The lowest BCUT2D eigenvalue weighted by Gasteiger charge is -2.54. The number of pyridine rings is 1. The molecule has 1 unspecified atom stereocenters. The number of nitrogens with one attached hydrogen (secondary N) is 1. The van der Waals surface area contributed by atoms with E-state index < -0.39 is 51.8 Å². The number of carboxylic acids is 1. The summed E-state index contributed by atoms with van der Waals surface area (Å²) in [7, 11) is 0. The minimum atomic E-state index is -1.55. The molecule has 0 saturated carbocycles. The first-order valence-corrected chi connectivity index (χ1v) is 14.6.